The average Bonchev–Trinajstić information content (AvgIpc) is 3.72. The smallest absolute Gasteiger partial charge is 0.408 e. The highest BCUT2D eigenvalue weighted by atomic mass is 32.2. The van der Waals surface area contributed by atoms with Crippen LogP contribution >= 0.6 is 0 Å². The highest BCUT2D eigenvalue weighted by Crippen LogP contribution is 2.46. The van der Waals surface area contributed by atoms with Crippen molar-refractivity contribution in [3.8, 4) is 22.8 Å². The van der Waals surface area contributed by atoms with Gasteiger partial charge >= 0.3 is 6.09 Å². The van der Waals surface area contributed by atoms with E-state index in [9.17, 15) is 27.6 Å². The third-order valence-corrected chi connectivity index (χ3v) is 11.7. The second-order valence-corrected chi connectivity index (χ2v) is 18.4. The molecule has 1 aromatic heterocycles. The van der Waals surface area contributed by atoms with Crippen molar-refractivity contribution in [1.82, 2.24) is 25.2 Å². The van der Waals surface area contributed by atoms with Gasteiger partial charge in [-0.3, -0.25) is 19.1 Å². The fourth-order valence-corrected chi connectivity index (χ4v) is 8.73. The summed E-state index contributed by atoms with van der Waals surface area (Å²) in [5, 5.41) is 6.39. The van der Waals surface area contributed by atoms with Gasteiger partial charge in [-0.05, 0) is 57.6 Å². The molecule has 5 atom stereocenters. The number of carbonyl (C=O) groups is 4. The predicted molar refractivity (Wildman–Crippen MR) is 215 cm³/mol. The van der Waals surface area contributed by atoms with Crippen molar-refractivity contribution >= 4 is 44.7 Å². The van der Waals surface area contributed by atoms with Crippen LogP contribution in [-0.4, -0.2) is 91.4 Å². The third-order valence-electron chi connectivity index (χ3n) is 11.1. The molecule has 3 N–H and O–H groups in total. The molecule has 1 saturated heterocycles. The monoisotopic (exact) mass is 805 g/mol. The largest absolute Gasteiger partial charge is 0.497 e. The summed E-state index contributed by atoms with van der Waals surface area (Å²) in [6, 6.07) is 14.8. The highest BCUT2D eigenvalue weighted by molar-refractivity contribution is 7.89. The van der Waals surface area contributed by atoms with E-state index in [4.69, 9.17) is 19.2 Å². The van der Waals surface area contributed by atoms with Gasteiger partial charge in [-0.2, -0.15) is 0 Å². The standard InChI is InChI=1S/C42H55N5O9S/c1-7-28-24-42(28,39(50)46-57(6,52)53)45-37(48)35-22-30(25-47(35)38(49)34(20-26-14-10-8-11-15-26)44-40(51)56-41(2,3)4)55-36-23-32(27-16-12-9-13-17-27)43-33-21-29(54-5)18-19-31(33)36/h9,12-13,16-19,21,23,26,28,30,34-35H,7-8,10-11,14-15,20,22,24-25H2,1-6H3,(H,44,51)(H,45,48)(H,46,50). The van der Waals surface area contributed by atoms with Crippen LogP contribution in [0.5, 0.6) is 11.5 Å². The number of likely N-dealkylation sites (tertiary alicyclic amines) is 1. The maximum atomic E-state index is 14.8. The van der Waals surface area contributed by atoms with E-state index in [1.54, 1.807) is 33.9 Å². The van der Waals surface area contributed by atoms with Gasteiger partial charge in [-0.25, -0.2) is 18.2 Å². The number of carbonyl (C=O) groups excluding carboxylic acids is 4. The molecular formula is C42H55N5O9S. The molecule has 2 aromatic carbocycles. The Bertz CT molecular complexity index is 2080. The van der Waals surface area contributed by atoms with E-state index in [0.29, 0.717) is 40.9 Å². The molecule has 2 saturated carbocycles. The molecule has 0 radical (unpaired) electrons. The van der Waals surface area contributed by atoms with Crippen molar-refractivity contribution in [2.45, 2.75) is 115 Å². The van der Waals surface area contributed by atoms with Crippen molar-refractivity contribution in [2.24, 2.45) is 11.8 Å². The fraction of sp³-hybridized carbons (Fsp3) is 0.548. The number of rotatable bonds is 13. The van der Waals surface area contributed by atoms with Crippen LogP contribution in [0.4, 0.5) is 4.79 Å². The maximum Gasteiger partial charge on any atom is 0.408 e. The first kappa shape index (κ1) is 41.7. The van der Waals surface area contributed by atoms with Crippen LogP contribution in [0.25, 0.3) is 22.2 Å². The summed E-state index contributed by atoms with van der Waals surface area (Å²) >= 11 is 0. The molecular weight excluding hydrogens is 751 g/mol. The molecule has 0 spiro atoms. The van der Waals surface area contributed by atoms with Gasteiger partial charge in [-0.1, -0.05) is 75.8 Å². The summed E-state index contributed by atoms with van der Waals surface area (Å²) in [6.45, 7) is 7.08. The number of hydrogen-bond acceptors (Lipinski definition) is 10. The van der Waals surface area contributed by atoms with E-state index in [2.05, 4.69) is 10.6 Å². The quantitative estimate of drug-likeness (QED) is 0.200. The number of fused-ring (bicyclic) bond motifs is 1. The number of sulfonamides is 1. The van der Waals surface area contributed by atoms with E-state index >= 15 is 0 Å². The van der Waals surface area contributed by atoms with Crippen LogP contribution in [-0.2, 0) is 29.1 Å². The summed E-state index contributed by atoms with van der Waals surface area (Å²) in [5.74, 6) is -0.917. The van der Waals surface area contributed by atoms with Crippen LogP contribution in [0.1, 0.15) is 85.5 Å². The van der Waals surface area contributed by atoms with Gasteiger partial charge < -0.3 is 29.7 Å². The fourth-order valence-electron chi connectivity index (χ4n) is 8.21. The molecule has 0 bridgehead atoms. The van der Waals surface area contributed by atoms with Gasteiger partial charge in [0.2, 0.25) is 21.8 Å². The zero-order chi connectivity index (χ0) is 41.1. The van der Waals surface area contributed by atoms with Gasteiger partial charge in [0.05, 0.1) is 31.1 Å². The summed E-state index contributed by atoms with van der Waals surface area (Å²) in [5.41, 5.74) is -0.131. The minimum Gasteiger partial charge on any atom is -0.497 e. The molecule has 4 amide bonds. The van der Waals surface area contributed by atoms with Crippen molar-refractivity contribution < 1.29 is 41.8 Å². The number of benzene rings is 2. The van der Waals surface area contributed by atoms with Crippen LogP contribution in [0.3, 0.4) is 0 Å². The van der Waals surface area contributed by atoms with E-state index in [-0.39, 0.29) is 31.2 Å². The first-order chi connectivity index (χ1) is 27.0. The lowest BCUT2D eigenvalue weighted by Gasteiger charge is -2.32. The first-order valence-electron chi connectivity index (χ1n) is 19.8. The van der Waals surface area contributed by atoms with Crippen molar-refractivity contribution in [1.29, 1.82) is 0 Å². The lowest BCUT2D eigenvalue weighted by Crippen LogP contribution is -2.58. The number of aromatic nitrogens is 1. The number of alkyl carbamates (subject to hydrolysis) is 1. The van der Waals surface area contributed by atoms with Gasteiger partial charge in [0, 0.05) is 29.5 Å². The first-order valence-corrected chi connectivity index (χ1v) is 21.7. The molecule has 14 nitrogen and oxygen atoms in total. The molecule has 2 aliphatic carbocycles. The SMILES string of the molecule is CCC1CC1(NC(=O)C1CC(Oc2cc(-c3ccccc3)nc3cc(OC)ccc23)CN1C(=O)C(CC1CCCCC1)NC(=O)OC(C)(C)C)C(=O)NS(C)(=O)=O. The second-order valence-electron chi connectivity index (χ2n) is 16.6. The molecule has 1 aliphatic heterocycles. The number of methoxy groups -OCH3 is 1. The molecule has 2 heterocycles. The van der Waals surface area contributed by atoms with Crippen LogP contribution in [0.15, 0.2) is 54.6 Å². The molecule has 57 heavy (non-hydrogen) atoms. The van der Waals surface area contributed by atoms with E-state index < -0.39 is 63.2 Å². The molecule has 6 rings (SSSR count). The number of hydrogen-bond donors (Lipinski definition) is 3. The van der Waals surface area contributed by atoms with Gasteiger partial charge in [0.15, 0.2) is 0 Å². The molecule has 3 aliphatic rings. The van der Waals surface area contributed by atoms with E-state index in [0.717, 1.165) is 43.9 Å². The van der Waals surface area contributed by atoms with Gasteiger partial charge in [-0.15, -0.1) is 0 Å². The molecule has 5 unspecified atom stereocenters. The topological polar surface area (TPSA) is 182 Å². The van der Waals surface area contributed by atoms with Crippen LogP contribution in [0.2, 0.25) is 0 Å². The highest BCUT2D eigenvalue weighted by Gasteiger charge is 2.61. The molecule has 308 valence electrons. The number of nitrogens with zero attached hydrogens (tertiary/aromatic N) is 2. The second kappa shape index (κ2) is 16.9. The minimum atomic E-state index is -3.92. The summed E-state index contributed by atoms with van der Waals surface area (Å²) in [4.78, 5) is 62.2. The Labute approximate surface area is 334 Å². The summed E-state index contributed by atoms with van der Waals surface area (Å²) in [6.07, 6.45) is 5.62. The lowest BCUT2D eigenvalue weighted by atomic mass is 9.84. The average molecular weight is 806 g/mol. The predicted octanol–water partition coefficient (Wildman–Crippen LogP) is 5.48. The summed E-state index contributed by atoms with van der Waals surface area (Å²) < 4.78 is 44.0. The third kappa shape index (κ3) is 10.2. The van der Waals surface area contributed by atoms with Gasteiger partial charge in [0.25, 0.3) is 5.91 Å². The Morgan fingerprint density at radius 3 is 2.37 bits per heavy atom. The zero-order valence-corrected chi connectivity index (χ0v) is 34.4. The minimum absolute atomic E-state index is 0.00549. The van der Waals surface area contributed by atoms with Crippen molar-refractivity contribution in [2.75, 3.05) is 19.9 Å². The number of nitrogens with one attached hydrogen (secondary N) is 3. The number of amides is 4. The van der Waals surface area contributed by atoms with Crippen molar-refractivity contribution in [3.63, 3.8) is 0 Å². The lowest BCUT2D eigenvalue weighted by molar-refractivity contribution is -0.141. The molecule has 3 aromatic rings. The molecule has 3 fully saturated rings. The molecule has 15 heteroatoms. The Balaban J connectivity index is 1.35. The Kier molecular flexibility index (Phi) is 12.4. The normalized spacial score (nSPS) is 23.0. The van der Waals surface area contributed by atoms with E-state index in [1.807, 2.05) is 60.2 Å². The maximum absolute atomic E-state index is 14.8. The zero-order valence-electron chi connectivity index (χ0n) is 33.6. The van der Waals surface area contributed by atoms with Crippen LogP contribution < -0.4 is 24.8 Å². The van der Waals surface area contributed by atoms with E-state index in [1.165, 1.54) is 4.90 Å². The van der Waals surface area contributed by atoms with Gasteiger partial charge in [0.1, 0.15) is 40.8 Å². The number of pyridine rings is 1. The Morgan fingerprint density at radius 2 is 1.74 bits per heavy atom. The van der Waals surface area contributed by atoms with Crippen molar-refractivity contribution in [3.05, 3.63) is 54.6 Å². The Morgan fingerprint density at radius 1 is 1.02 bits per heavy atom. The summed E-state index contributed by atoms with van der Waals surface area (Å²) in [7, 11) is -2.34. The van der Waals surface area contributed by atoms with Crippen LogP contribution in [0, 0.1) is 11.8 Å². The number of ether oxygens (including phenoxy) is 3. The Hall–Kier alpha value is -4.92.